The molecule has 1 N–H and O–H groups in total. The summed E-state index contributed by atoms with van der Waals surface area (Å²) in [6, 6.07) is 9.51. The molecule has 0 fully saturated rings. The highest BCUT2D eigenvalue weighted by Crippen LogP contribution is 2.27. The van der Waals surface area contributed by atoms with E-state index in [9.17, 15) is 4.79 Å². The molecular formula is C25H26N8O. The molecule has 5 aromatic rings. The molecule has 172 valence electrons. The number of carbonyl (C=O) groups excluding carboxylic acids is 1. The number of aryl methyl sites for hydroxylation is 2. The summed E-state index contributed by atoms with van der Waals surface area (Å²) < 4.78 is 5.58. The maximum Gasteiger partial charge on any atom is 0.256 e. The molecule has 4 heterocycles. The Morgan fingerprint density at radius 1 is 0.971 bits per heavy atom. The SMILES string of the molecule is CCn1cc(Cn2cc(NC(=O)c3cc(-c4cnn(CC)c4C)nc4ccccc34)cn2)cn1. The molecule has 1 amide bonds. The molecule has 1 aromatic carbocycles. The fraction of sp³-hybridized carbons (Fsp3) is 0.240. The molecule has 0 aliphatic heterocycles. The largest absolute Gasteiger partial charge is 0.319 e. The highest BCUT2D eigenvalue weighted by Gasteiger charge is 2.17. The summed E-state index contributed by atoms with van der Waals surface area (Å²) in [7, 11) is 0. The van der Waals surface area contributed by atoms with Gasteiger partial charge in [-0.3, -0.25) is 18.8 Å². The van der Waals surface area contributed by atoms with Crippen LogP contribution in [0.5, 0.6) is 0 Å². The first-order valence-corrected chi connectivity index (χ1v) is 11.3. The molecule has 0 aliphatic carbocycles. The molecule has 0 unspecified atom stereocenters. The zero-order valence-corrected chi connectivity index (χ0v) is 19.4. The van der Waals surface area contributed by atoms with E-state index in [-0.39, 0.29) is 5.91 Å². The van der Waals surface area contributed by atoms with Crippen LogP contribution < -0.4 is 5.32 Å². The van der Waals surface area contributed by atoms with Crippen LogP contribution >= 0.6 is 0 Å². The van der Waals surface area contributed by atoms with Crippen molar-refractivity contribution in [3.05, 3.63) is 78.1 Å². The van der Waals surface area contributed by atoms with Crippen LogP contribution in [0.2, 0.25) is 0 Å². The van der Waals surface area contributed by atoms with Crippen LogP contribution in [-0.2, 0) is 19.6 Å². The standard InChI is InChI=1S/C25H26N8O/c1-4-31-14-18(11-26-31)15-32-16-19(12-27-32)29-25(34)21-10-24(22-13-28-33(5-2)17(22)3)30-23-9-7-6-8-20(21)23/h6-14,16H,4-5,15H2,1-3H3,(H,29,34). The summed E-state index contributed by atoms with van der Waals surface area (Å²) in [5.74, 6) is -0.210. The van der Waals surface area contributed by atoms with Gasteiger partial charge in [0.05, 0.1) is 47.6 Å². The number of fused-ring (bicyclic) bond motifs is 1. The number of para-hydroxylation sites is 1. The van der Waals surface area contributed by atoms with Crippen molar-refractivity contribution >= 4 is 22.5 Å². The molecule has 0 atom stereocenters. The lowest BCUT2D eigenvalue weighted by molar-refractivity contribution is 0.102. The van der Waals surface area contributed by atoms with Gasteiger partial charge in [0.1, 0.15) is 0 Å². The van der Waals surface area contributed by atoms with E-state index in [2.05, 4.69) is 20.6 Å². The van der Waals surface area contributed by atoms with Crippen molar-refractivity contribution in [2.45, 2.75) is 40.4 Å². The average molecular weight is 455 g/mol. The predicted octanol–water partition coefficient (Wildman–Crippen LogP) is 4.14. The number of amides is 1. The van der Waals surface area contributed by atoms with Crippen molar-refractivity contribution in [1.29, 1.82) is 0 Å². The quantitative estimate of drug-likeness (QED) is 0.399. The first-order chi connectivity index (χ1) is 16.6. The Kier molecular flexibility index (Phi) is 5.67. The summed E-state index contributed by atoms with van der Waals surface area (Å²) in [6.07, 6.45) is 9.11. The lowest BCUT2D eigenvalue weighted by Crippen LogP contribution is -2.13. The molecule has 5 rings (SSSR count). The molecule has 0 spiro atoms. The van der Waals surface area contributed by atoms with E-state index >= 15 is 0 Å². The predicted molar refractivity (Wildman–Crippen MR) is 131 cm³/mol. The van der Waals surface area contributed by atoms with Crippen molar-refractivity contribution in [3.63, 3.8) is 0 Å². The minimum atomic E-state index is -0.210. The molecule has 34 heavy (non-hydrogen) atoms. The average Bonchev–Trinajstić information content (AvgIpc) is 3.58. The Morgan fingerprint density at radius 2 is 1.79 bits per heavy atom. The van der Waals surface area contributed by atoms with Gasteiger partial charge in [0.25, 0.3) is 5.91 Å². The van der Waals surface area contributed by atoms with Gasteiger partial charge in [-0.15, -0.1) is 0 Å². The van der Waals surface area contributed by atoms with Gasteiger partial charge in [0, 0.05) is 47.7 Å². The molecule has 0 aliphatic rings. The fourth-order valence-electron chi connectivity index (χ4n) is 4.08. The van der Waals surface area contributed by atoms with Crippen LogP contribution in [0.15, 0.2) is 61.3 Å². The van der Waals surface area contributed by atoms with E-state index in [1.54, 1.807) is 10.9 Å². The number of pyridine rings is 1. The molecule has 9 heteroatoms. The van der Waals surface area contributed by atoms with Crippen molar-refractivity contribution in [2.24, 2.45) is 0 Å². The molecule has 4 aromatic heterocycles. The smallest absolute Gasteiger partial charge is 0.256 e. The van der Waals surface area contributed by atoms with Crippen LogP contribution in [-0.4, -0.2) is 40.2 Å². The second kappa shape index (κ2) is 8.93. The highest BCUT2D eigenvalue weighted by atomic mass is 16.1. The van der Waals surface area contributed by atoms with Gasteiger partial charge in [0.15, 0.2) is 0 Å². The van der Waals surface area contributed by atoms with Crippen molar-refractivity contribution in [2.75, 3.05) is 5.32 Å². The number of nitrogens with zero attached hydrogens (tertiary/aromatic N) is 7. The third-order valence-corrected chi connectivity index (χ3v) is 5.89. The van der Waals surface area contributed by atoms with Crippen molar-refractivity contribution in [1.82, 2.24) is 34.3 Å². The van der Waals surface area contributed by atoms with Gasteiger partial charge < -0.3 is 5.32 Å². The number of aromatic nitrogens is 7. The van der Waals surface area contributed by atoms with Gasteiger partial charge in [-0.25, -0.2) is 4.98 Å². The van der Waals surface area contributed by atoms with Gasteiger partial charge in [0.2, 0.25) is 0 Å². The molecule has 0 radical (unpaired) electrons. The zero-order chi connectivity index (χ0) is 23.7. The number of hydrogen-bond acceptors (Lipinski definition) is 5. The molecular weight excluding hydrogens is 428 g/mol. The number of hydrogen-bond donors (Lipinski definition) is 1. The Hall–Kier alpha value is -4.27. The van der Waals surface area contributed by atoms with Crippen LogP contribution in [0.4, 0.5) is 5.69 Å². The first kappa shape index (κ1) is 21.6. The Balaban J connectivity index is 1.44. The molecule has 9 nitrogen and oxygen atoms in total. The molecule has 0 saturated carbocycles. The molecule has 0 saturated heterocycles. The van der Waals surface area contributed by atoms with E-state index in [1.807, 2.05) is 85.3 Å². The summed E-state index contributed by atoms with van der Waals surface area (Å²) in [6.45, 7) is 8.28. The maximum atomic E-state index is 13.4. The van der Waals surface area contributed by atoms with Crippen LogP contribution in [0.1, 0.15) is 35.5 Å². The Labute approximate surface area is 197 Å². The van der Waals surface area contributed by atoms with E-state index in [4.69, 9.17) is 4.98 Å². The summed E-state index contributed by atoms with van der Waals surface area (Å²) in [4.78, 5) is 18.2. The number of nitrogens with one attached hydrogen (secondary N) is 1. The van der Waals surface area contributed by atoms with E-state index < -0.39 is 0 Å². The number of carbonyl (C=O) groups is 1. The van der Waals surface area contributed by atoms with Crippen molar-refractivity contribution in [3.8, 4) is 11.3 Å². The molecule has 0 bridgehead atoms. The fourth-order valence-corrected chi connectivity index (χ4v) is 4.08. The third-order valence-electron chi connectivity index (χ3n) is 5.89. The van der Waals surface area contributed by atoms with Gasteiger partial charge >= 0.3 is 0 Å². The van der Waals surface area contributed by atoms with E-state index in [0.29, 0.717) is 17.8 Å². The van der Waals surface area contributed by atoms with Crippen LogP contribution in [0, 0.1) is 6.92 Å². The normalized spacial score (nSPS) is 11.3. The summed E-state index contributed by atoms with van der Waals surface area (Å²) >= 11 is 0. The second-order valence-electron chi connectivity index (χ2n) is 8.12. The zero-order valence-electron chi connectivity index (χ0n) is 19.4. The monoisotopic (exact) mass is 454 g/mol. The van der Waals surface area contributed by atoms with Crippen LogP contribution in [0.3, 0.4) is 0 Å². The topological polar surface area (TPSA) is 95.5 Å². The Morgan fingerprint density at radius 3 is 2.56 bits per heavy atom. The van der Waals surface area contributed by atoms with E-state index in [0.717, 1.165) is 46.5 Å². The van der Waals surface area contributed by atoms with Crippen LogP contribution in [0.25, 0.3) is 22.2 Å². The Bertz CT molecular complexity index is 1480. The van der Waals surface area contributed by atoms with Gasteiger partial charge in [-0.1, -0.05) is 18.2 Å². The second-order valence-corrected chi connectivity index (χ2v) is 8.12. The first-order valence-electron chi connectivity index (χ1n) is 11.3. The lowest BCUT2D eigenvalue weighted by atomic mass is 10.0. The third kappa shape index (κ3) is 4.07. The minimum absolute atomic E-state index is 0.210. The van der Waals surface area contributed by atoms with Gasteiger partial charge in [-0.05, 0) is 32.9 Å². The van der Waals surface area contributed by atoms with Gasteiger partial charge in [-0.2, -0.15) is 15.3 Å². The number of benzene rings is 1. The number of rotatable bonds is 7. The summed E-state index contributed by atoms with van der Waals surface area (Å²) in [5, 5.41) is 16.9. The maximum absolute atomic E-state index is 13.4. The highest BCUT2D eigenvalue weighted by molar-refractivity contribution is 6.13. The van der Waals surface area contributed by atoms with Crippen molar-refractivity contribution < 1.29 is 4.79 Å². The minimum Gasteiger partial charge on any atom is -0.319 e. The van der Waals surface area contributed by atoms with E-state index in [1.165, 1.54) is 0 Å². The lowest BCUT2D eigenvalue weighted by Gasteiger charge is -2.10. The summed E-state index contributed by atoms with van der Waals surface area (Å²) in [5.41, 5.74) is 5.66. The number of anilines is 1.